The van der Waals surface area contributed by atoms with E-state index < -0.39 is 5.82 Å². The molecule has 36 heavy (non-hydrogen) atoms. The van der Waals surface area contributed by atoms with Crippen molar-refractivity contribution in [2.75, 3.05) is 26.2 Å². The molecule has 3 heterocycles. The van der Waals surface area contributed by atoms with Gasteiger partial charge in [-0.3, -0.25) is 19.3 Å². The number of cyclic esters (lactones) is 1. The Balaban J connectivity index is 1.29. The Morgan fingerprint density at radius 1 is 1.14 bits per heavy atom. The van der Waals surface area contributed by atoms with Gasteiger partial charge in [0.1, 0.15) is 11.6 Å². The van der Waals surface area contributed by atoms with Crippen LogP contribution in [0.4, 0.5) is 4.39 Å². The van der Waals surface area contributed by atoms with E-state index in [0.29, 0.717) is 59.5 Å². The van der Waals surface area contributed by atoms with E-state index in [4.69, 9.17) is 16.3 Å². The van der Waals surface area contributed by atoms with Gasteiger partial charge in [-0.15, -0.1) is 11.3 Å². The number of hydrogen-bond donors (Lipinski definition) is 1. The molecule has 7 nitrogen and oxygen atoms in total. The second-order valence-electron chi connectivity index (χ2n) is 8.75. The number of carbonyl (C=O) groups is 3. The van der Waals surface area contributed by atoms with Crippen molar-refractivity contribution >= 4 is 40.7 Å². The van der Waals surface area contributed by atoms with Gasteiger partial charge in [0, 0.05) is 54.7 Å². The van der Waals surface area contributed by atoms with Gasteiger partial charge in [-0.05, 0) is 43.7 Å². The Hall–Kier alpha value is -3.01. The van der Waals surface area contributed by atoms with Gasteiger partial charge < -0.3 is 15.0 Å². The lowest BCUT2D eigenvalue weighted by atomic mass is 10.0. The Morgan fingerprint density at radius 3 is 2.61 bits per heavy atom. The van der Waals surface area contributed by atoms with E-state index in [2.05, 4.69) is 10.2 Å². The van der Waals surface area contributed by atoms with Crippen molar-refractivity contribution in [3.8, 4) is 0 Å². The van der Waals surface area contributed by atoms with E-state index in [1.54, 1.807) is 36.1 Å². The van der Waals surface area contributed by atoms with E-state index in [9.17, 15) is 18.8 Å². The first-order chi connectivity index (χ1) is 17.2. The molecule has 0 bridgehead atoms. The van der Waals surface area contributed by atoms with Gasteiger partial charge in [-0.1, -0.05) is 23.7 Å². The molecule has 2 aromatic rings. The monoisotopic (exact) mass is 531 g/mol. The Morgan fingerprint density at radius 2 is 1.89 bits per heavy atom. The van der Waals surface area contributed by atoms with Gasteiger partial charge in [0.25, 0.3) is 11.8 Å². The molecule has 2 aliphatic rings. The molecule has 4 rings (SSSR count). The number of nitrogens with one attached hydrogen (secondary N) is 1. The number of esters is 1. The van der Waals surface area contributed by atoms with Crippen molar-refractivity contribution in [1.29, 1.82) is 0 Å². The molecule has 0 aliphatic carbocycles. The lowest BCUT2D eigenvalue weighted by Crippen LogP contribution is -2.48. The van der Waals surface area contributed by atoms with Crippen LogP contribution in [0.2, 0.25) is 5.02 Å². The second kappa shape index (κ2) is 11.4. The molecule has 0 saturated carbocycles. The molecule has 0 atom stereocenters. The fraction of sp³-hybridized carbons (Fsp3) is 0.346. The Bertz CT molecular complexity index is 1250. The molecule has 1 fully saturated rings. The molecule has 0 radical (unpaired) electrons. The zero-order chi connectivity index (χ0) is 25.8. The third-order valence-corrected chi connectivity index (χ3v) is 7.48. The number of carbonyl (C=O) groups excluding carboxylic acids is 3. The first-order valence-corrected chi connectivity index (χ1v) is 12.8. The van der Waals surface area contributed by atoms with Gasteiger partial charge >= 0.3 is 5.97 Å². The molecule has 1 saturated heterocycles. The second-order valence-corrected chi connectivity index (χ2v) is 10.4. The molecule has 1 aromatic heterocycles. The fourth-order valence-corrected chi connectivity index (χ4v) is 5.32. The number of nitrogens with zero attached hydrogens (tertiary/aromatic N) is 2. The smallest absolute Gasteiger partial charge is 0.314 e. The molecule has 10 heteroatoms. The van der Waals surface area contributed by atoms with Crippen LogP contribution in [0.3, 0.4) is 0 Å². The Kier molecular flexibility index (Phi) is 8.23. The first kappa shape index (κ1) is 26.1. The van der Waals surface area contributed by atoms with Crippen molar-refractivity contribution in [2.45, 2.75) is 33.4 Å². The van der Waals surface area contributed by atoms with Gasteiger partial charge in [0.05, 0.1) is 16.9 Å². The molecular formula is C26H27ClFN3O4S. The van der Waals surface area contributed by atoms with Crippen LogP contribution in [-0.4, -0.2) is 53.8 Å². The minimum Gasteiger partial charge on any atom is -0.430 e. The van der Waals surface area contributed by atoms with Gasteiger partial charge in [-0.2, -0.15) is 0 Å². The Labute approximate surface area is 218 Å². The number of halogens is 2. The SMILES string of the molecule is CC1=CCC(=O)OC(C)=C1C(=O)N1CCN(Cc2ccc(C(=O)NCc3ccc(Cl)cc3F)s2)CC1. The highest BCUT2D eigenvalue weighted by Gasteiger charge is 2.28. The summed E-state index contributed by atoms with van der Waals surface area (Å²) in [7, 11) is 0. The van der Waals surface area contributed by atoms with Gasteiger partial charge in [0.2, 0.25) is 0 Å². The summed E-state index contributed by atoms with van der Waals surface area (Å²) >= 11 is 7.17. The van der Waals surface area contributed by atoms with Crippen LogP contribution in [0.1, 0.15) is 40.4 Å². The summed E-state index contributed by atoms with van der Waals surface area (Å²) < 4.78 is 19.2. The van der Waals surface area contributed by atoms with Crippen LogP contribution >= 0.6 is 22.9 Å². The van der Waals surface area contributed by atoms with Crippen LogP contribution in [0, 0.1) is 5.82 Å². The molecule has 2 amide bonds. The third-order valence-electron chi connectivity index (χ3n) is 6.18. The lowest BCUT2D eigenvalue weighted by molar-refractivity contribution is -0.138. The zero-order valence-corrected chi connectivity index (χ0v) is 21.7. The van der Waals surface area contributed by atoms with E-state index in [0.717, 1.165) is 10.5 Å². The maximum Gasteiger partial charge on any atom is 0.314 e. The highest BCUT2D eigenvalue weighted by Crippen LogP contribution is 2.24. The molecular weight excluding hydrogens is 505 g/mol. The molecule has 1 N–H and O–H groups in total. The third kappa shape index (κ3) is 6.21. The normalized spacial score (nSPS) is 16.9. The standard InChI is InChI=1S/C26H27ClFN3O4S/c1-16-3-8-23(32)35-17(2)24(16)26(34)31-11-9-30(10-12-31)15-20-6-7-22(36-20)25(33)29-14-18-4-5-19(27)13-21(18)28/h3-7,13H,8-12,14-15H2,1-2H3,(H,29,33). The van der Waals surface area contributed by atoms with Crippen molar-refractivity contribution in [3.63, 3.8) is 0 Å². The summed E-state index contributed by atoms with van der Waals surface area (Å²) in [6.07, 6.45) is 1.89. The van der Waals surface area contributed by atoms with Crippen LogP contribution in [0.15, 0.2) is 53.3 Å². The number of benzene rings is 1. The number of thiophene rings is 1. The number of rotatable bonds is 6. The highest BCUT2D eigenvalue weighted by molar-refractivity contribution is 7.14. The van der Waals surface area contributed by atoms with Gasteiger partial charge in [-0.25, -0.2) is 4.39 Å². The van der Waals surface area contributed by atoms with Crippen LogP contribution in [0.5, 0.6) is 0 Å². The van der Waals surface area contributed by atoms with Crippen molar-refractivity contribution in [1.82, 2.24) is 15.1 Å². The molecule has 190 valence electrons. The highest BCUT2D eigenvalue weighted by atomic mass is 35.5. The topological polar surface area (TPSA) is 79.0 Å². The lowest BCUT2D eigenvalue weighted by Gasteiger charge is -2.35. The maximum absolute atomic E-state index is 13.9. The number of allylic oxidation sites excluding steroid dienone is 1. The van der Waals surface area contributed by atoms with E-state index in [1.807, 2.05) is 13.0 Å². The van der Waals surface area contributed by atoms with Crippen LogP contribution < -0.4 is 5.32 Å². The summed E-state index contributed by atoms with van der Waals surface area (Å²) in [6, 6.07) is 8.05. The molecule has 1 aromatic carbocycles. The van der Waals surface area contributed by atoms with Crippen LogP contribution in [0.25, 0.3) is 0 Å². The minimum absolute atomic E-state index is 0.0782. The predicted molar refractivity (Wildman–Crippen MR) is 136 cm³/mol. The minimum atomic E-state index is -0.454. The molecule has 0 spiro atoms. The van der Waals surface area contributed by atoms with Crippen LogP contribution in [-0.2, 0) is 27.4 Å². The van der Waals surface area contributed by atoms with Crippen molar-refractivity contribution in [3.05, 3.63) is 79.5 Å². The van der Waals surface area contributed by atoms with Crippen molar-refractivity contribution in [2.24, 2.45) is 0 Å². The molecule has 2 aliphatic heterocycles. The quantitative estimate of drug-likeness (QED) is 0.563. The summed E-state index contributed by atoms with van der Waals surface area (Å²) in [5.74, 6) is -0.845. The first-order valence-electron chi connectivity index (χ1n) is 11.6. The average molecular weight is 532 g/mol. The maximum atomic E-state index is 13.9. The van der Waals surface area contributed by atoms with E-state index in [-0.39, 0.29) is 30.7 Å². The number of ether oxygens (including phenoxy) is 1. The largest absolute Gasteiger partial charge is 0.430 e. The van der Waals surface area contributed by atoms with E-state index >= 15 is 0 Å². The summed E-state index contributed by atoms with van der Waals surface area (Å²) in [6.45, 7) is 6.72. The summed E-state index contributed by atoms with van der Waals surface area (Å²) in [4.78, 5) is 42.9. The van der Waals surface area contributed by atoms with Gasteiger partial charge in [0.15, 0.2) is 0 Å². The summed E-state index contributed by atoms with van der Waals surface area (Å²) in [5.41, 5.74) is 1.59. The number of hydrogen-bond acceptors (Lipinski definition) is 6. The van der Waals surface area contributed by atoms with Crippen molar-refractivity contribution < 1.29 is 23.5 Å². The average Bonchev–Trinajstić information content (AvgIpc) is 3.26. The zero-order valence-electron chi connectivity index (χ0n) is 20.1. The molecule has 0 unspecified atom stereocenters. The number of piperazine rings is 1. The predicted octanol–water partition coefficient (Wildman–Crippen LogP) is 4.28. The fourth-order valence-electron chi connectivity index (χ4n) is 4.20. The van der Waals surface area contributed by atoms with E-state index in [1.165, 1.54) is 17.4 Å². The summed E-state index contributed by atoms with van der Waals surface area (Å²) in [5, 5.41) is 3.06. The number of amides is 2.